The topological polar surface area (TPSA) is 70.1 Å². The van der Waals surface area contributed by atoms with E-state index in [0.717, 1.165) is 4.88 Å². The number of carboxylic acid groups (broad SMARTS) is 1. The zero-order valence-electron chi connectivity index (χ0n) is 13.1. The molecule has 0 aromatic carbocycles. The Morgan fingerprint density at radius 2 is 2.00 bits per heavy atom. The van der Waals surface area contributed by atoms with E-state index in [4.69, 9.17) is 4.74 Å². The third-order valence-corrected chi connectivity index (χ3v) is 4.48. The van der Waals surface area contributed by atoms with Gasteiger partial charge in [-0.1, -0.05) is 6.07 Å². The van der Waals surface area contributed by atoms with Gasteiger partial charge in [-0.25, -0.2) is 4.79 Å². The van der Waals surface area contributed by atoms with Gasteiger partial charge in [0.05, 0.1) is 13.2 Å². The van der Waals surface area contributed by atoms with Crippen LogP contribution >= 0.6 is 11.3 Å². The third-order valence-electron chi connectivity index (χ3n) is 3.56. The van der Waals surface area contributed by atoms with Gasteiger partial charge in [0.25, 0.3) is 5.91 Å². The van der Waals surface area contributed by atoms with Gasteiger partial charge in [0.2, 0.25) is 0 Å². The summed E-state index contributed by atoms with van der Waals surface area (Å²) in [7, 11) is 0. The Balaban J connectivity index is 2.38. The van der Waals surface area contributed by atoms with E-state index in [1.807, 2.05) is 17.5 Å². The van der Waals surface area contributed by atoms with Crippen LogP contribution in [0.15, 0.2) is 17.5 Å². The molecular formula is C15H22N2O4S. The number of hydrogen-bond donors (Lipinski definition) is 1. The second-order valence-corrected chi connectivity index (χ2v) is 7.16. The molecule has 2 heterocycles. The molecule has 1 aliphatic heterocycles. The number of ether oxygens (including phenoxy) is 1. The minimum absolute atomic E-state index is 0.178. The molecular weight excluding hydrogens is 304 g/mol. The van der Waals surface area contributed by atoms with E-state index in [1.165, 1.54) is 16.2 Å². The Bertz CT molecular complexity index is 518. The van der Waals surface area contributed by atoms with Gasteiger partial charge in [-0.3, -0.25) is 9.69 Å². The van der Waals surface area contributed by atoms with Crippen LogP contribution in [0.5, 0.6) is 0 Å². The number of carbonyl (C=O) groups excluding carboxylic acids is 1. The quantitative estimate of drug-likeness (QED) is 0.926. The maximum absolute atomic E-state index is 13.0. The van der Waals surface area contributed by atoms with E-state index in [1.54, 1.807) is 25.7 Å². The predicted octanol–water partition coefficient (Wildman–Crippen LogP) is 2.43. The van der Waals surface area contributed by atoms with Crippen LogP contribution in [0.3, 0.4) is 0 Å². The monoisotopic (exact) mass is 326 g/mol. The molecule has 0 unspecified atom stereocenters. The highest BCUT2D eigenvalue weighted by Gasteiger charge is 2.41. The van der Waals surface area contributed by atoms with E-state index < -0.39 is 17.7 Å². The first kappa shape index (κ1) is 16.8. The molecule has 1 aromatic rings. The fourth-order valence-electron chi connectivity index (χ4n) is 2.55. The first-order valence-corrected chi connectivity index (χ1v) is 8.12. The maximum Gasteiger partial charge on any atom is 0.408 e. The summed E-state index contributed by atoms with van der Waals surface area (Å²) >= 11 is 1.40. The van der Waals surface area contributed by atoms with Gasteiger partial charge in [-0.05, 0) is 32.2 Å². The van der Waals surface area contributed by atoms with Crippen molar-refractivity contribution in [2.24, 2.45) is 0 Å². The highest BCUT2D eigenvalue weighted by Crippen LogP contribution is 2.33. The first-order valence-electron chi connectivity index (χ1n) is 7.24. The fourth-order valence-corrected chi connectivity index (χ4v) is 3.35. The van der Waals surface area contributed by atoms with E-state index in [-0.39, 0.29) is 5.91 Å². The number of rotatable bonds is 3. The van der Waals surface area contributed by atoms with E-state index in [9.17, 15) is 14.7 Å². The molecule has 0 bridgehead atoms. The van der Waals surface area contributed by atoms with Gasteiger partial charge < -0.3 is 14.7 Å². The molecule has 2 amide bonds. The summed E-state index contributed by atoms with van der Waals surface area (Å²) in [4.78, 5) is 28.4. The number of hydrogen-bond acceptors (Lipinski definition) is 4. The SMILES string of the molecule is CC(C)(C)N(C(=O)O)[C@H](C(=O)N1CCOCC1)c1cccs1. The van der Waals surface area contributed by atoms with E-state index >= 15 is 0 Å². The predicted molar refractivity (Wildman–Crippen MR) is 84.1 cm³/mol. The average Bonchev–Trinajstić information content (AvgIpc) is 2.96. The Morgan fingerprint density at radius 3 is 2.45 bits per heavy atom. The average molecular weight is 326 g/mol. The van der Waals surface area contributed by atoms with Crippen LogP contribution in [0.25, 0.3) is 0 Å². The molecule has 0 spiro atoms. The summed E-state index contributed by atoms with van der Waals surface area (Å²) in [6.07, 6.45) is -1.09. The van der Waals surface area contributed by atoms with Crippen LogP contribution in [0.2, 0.25) is 0 Å². The summed E-state index contributed by atoms with van der Waals surface area (Å²) in [5.41, 5.74) is -0.678. The van der Waals surface area contributed by atoms with Crippen LogP contribution in [0, 0.1) is 0 Å². The van der Waals surface area contributed by atoms with Crippen molar-refractivity contribution in [2.45, 2.75) is 32.4 Å². The van der Waals surface area contributed by atoms with Gasteiger partial charge in [-0.15, -0.1) is 11.3 Å². The second kappa shape index (κ2) is 6.66. The van der Waals surface area contributed by atoms with Crippen molar-refractivity contribution in [3.63, 3.8) is 0 Å². The lowest BCUT2D eigenvalue weighted by molar-refractivity contribution is -0.142. The van der Waals surface area contributed by atoms with Gasteiger partial charge >= 0.3 is 6.09 Å². The summed E-state index contributed by atoms with van der Waals surface area (Å²) < 4.78 is 5.27. The lowest BCUT2D eigenvalue weighted by Gasteiger charge is -2.41. The van der Waals surface area contributed by atoms with Crippen molar-refractivity contribution < 1.29 is 19.4 Å². The highest BCUT2D eigenvalue weighted by atomic mass is 32.1. The van der Waals surface area contributed by atoms with Crippen molar-refractivity contribution in [1.29, 1.82) is 0 Å². The van der Waals surface area contributed by atoms with Crippen molar-refractivity contribution in [1.82, 2.24) is 9.80 Å². The number of morpholine rings is 1. The fraction of sp³-hybridized carbons (Fsp3) is 0.600. The van der Waals surface area contributed by atoms with Crippen LogP contribution in [0.4, 0.5) is 4.79 Å². The largest absolute Gasteiger partial charge is 0.465 e. The molecule has 122 valence electrons. The standard InChI is InChI=1S/C15H22N2O4S/c1-15(2,3)17(14(19)20)12(11-5-4-10-22-11)13(18)16-6-8-21-9-7-16/h4-5,10,12H,6-9H2,1-3H3,(H,19,20)/t12-/m0/s1. The highest BCUT2D eigenvalue weighted by molar-refractivity contribution is 7.10. The molecule has 22 heavy (non-hydrogen) atoms. The minimum Gasteiger partial charge on any atom is -0.465 e. The molecule has 6 nitrogen and oxygen atoms in total. The maximum atomic E-state index is 13.0. The molecule has 1 atom stereocenters. The van der Waals surface area contributed by atoms with Crippen LogP contribution in [-0.2, 0) is 9.53 Å². The Hall–Kier alpha value is -1.60. The van der Waals surface area contributed by atoms with Gasteiger partial charge in [0.15, 0.2) is 0 Å². The van der Waals surface area contributed by atoms with E-state index in [2.05, 4.69) is 0 Å². The van der Waals surface area contributed by atoms with Crippen LogP contribution in [-0.4, -0.2) is 58.7 Å². The molecule has 2 rings (SSSR count). The zero-order chi connectivity index (χ0) is 16.3. The molecule has 1 saturated heterocycles. The summed E-state index contributed by atoms with van der Waals surface area (Å²) in [5.74, 6) is -0.178. The normalized spacial score (nSPS) is 17.1. The summed E-state index contributed by atoms with van der Waals surface area (Å²) in [5, 5.41) is 11.5. The van der Waals surface area contributed by atoms with Crippen molar-refractivity contribution >= 4 is 23.3 Å². The minimum atomic E-state index is -1.09. The van der Waals surface area contributed by atoms with Crippen molar-refractivity contribution in [3.8, 4) is 0 Å². The number of thiophene rings is 1. The molecule has 0 radical (unpaired) electrons. The molecule has 1 aromatic heterocycles. The van der Waals surface area contributed by atoms with Gasteiger partial charge in [0, 0.05) is 23.5 Å². The second-order valence-electron chi connectivity index (χ2n) is 6.18. The number of amides is 2. The Kier molecular flexibility index (Phi) is 5.08. The zero-order valence-corrected chi connectivity index (χ0v) is 13.9. The third kappa shape index (κ3) is 3.59. The van der Waals surface area contributed by atoms with Crippen molar-refractivity contribution in [3.05, 3.63) is 22.4 Å². The lowest BCUT2D eigenvalue weighted by Crippen LogP contribution is -2.54. The number of carbonyl (C=O) groups is 2. The molecule has 7 heteroatoms. The molecule has 1 fully saturated rings. The first-order chi connectivity index (χ1) is 10.3. The molecule has 0 saturated carbocycles. The molecule has 1 N–H and O–H groups in total. The summed E-state index contributed by atoms with van der Waals surface area (Å²) in [6.45, 7) is 7.38. The van der Waals surface area contributed by atoms with Crippen LogP contribution in [0.1, 0.15) is 31.7 Å². The van der Waals surface area contributed by atoms with E-state index in [0.29, 0.717) is 26.3 Å². The lowest BCUT2D eigenvalue weighted by atomic mass is 10.0. The molecule has 1 aliphatic rings. The molecule has 0 aliphatic carbocycles. The van der Waals surface area contributed by atoms with Crippen molar-refractivity contribution in [2.75, 3.05) is 26.3 Å². The van der Waals surface area contributed by atoms with Gasteiger partial charge in [-0.2, -0.15) is 0 Å². The van der Waals surface area contributed by atoms with Gasteiger partial charge in [0.1, 0.15) is 6.04 Å². The Labute approximate surface area is 134 Å². The smallest absolute Gasteiger partial charge is 0.408 e. The summed E-state index contributed by atoms with van der Waals surface area (Å²) in [6, 6.07) is 2.84. The van der Waals surface area contributed by atoms with Crippen LogP contribution < -0.4 is 0 Å². The Morgan fingerprint density at radius 1 is 1.36 bits per heavy atom. The number of nitrogens with zero attached hydrogens (tertiary/aromatic N) is 2.